The van der Waals surface area contributed by atoms with E-state index in [2.05, 4.69) is 49.9 Å². The van der Waals surface area contributed by atoms with Crippen molar-refractivity contribution in [2.24, 2.45) is 4.99 Å². The highest BCUT2D eigenvalue weighted by atomic mass is 15.3. The zero-order chi connectivity index (χ0) is 14.5. The molecule has 0 saturated heterocycles. The standard InChI is InChI=1S/C15H34N4/c1-6-10-13-18(5)15(16-8-3)17-11-14-19(9-4)12-7-2/h6-14H2,1-5H3,(H,16,17). The molecule has 0 aromatic carbocycles. The number of hydrogen-bond acceptors (Lipinski definition) is 2. The number of guanidine groups is 1. The molecule has 0 rings (SSSR count). The maximum atomic E-state index is 4.73. The Morgan fingerprint density at radius 2 is 1.74 bits per heavy atom. The van der Waals surface area contributed by atoms with Crippen LogP contribution in [0.4, 0.5) is 0 Å². The zero-order valence-corrected chi connectivity index (χ0v) is 13.7. The predicted octanol–water partition coefficient (Wildman–Crippen LogP) is 2.42. The van der Waals surface area contributed by atoms with Gasteiger partial charge in [-0.05, 0) is 32.9 Å². The van der Waals surface area contributed by atoms with Gasteiger partial charge in [0.15, 0.2) is 5.96 Å². The second-order valence-electron chi connectivity index (χ2n) is 4.95. The molecule has 0 amide bonds. The molecule has 1 N–H and O–H groups in total. The lowest BCUT2D eigenvalue weighted by molar-refractivity contribution is 0.296. The van der Waals surface area contributed by atoms with Crippen LogP contribution in [0.1, 0.15) is 47.0 Å². The summed E-state index contributed by atoms with van der Waals surface area (Å²) in [6.07, 6.45) is 3.66. The highest BCUT2D eigenvalue weighted by Gasteiger charge is 2.05. The van der Waals surface area contributed by atoms with Gasteiger partial charge in [-0.15, -0.1) is 0 Å². The van der Waals surface area contributed by atoms with Crippen LogP contribution in [-0.2, 0) is 0 Å². The summed E-state index contributed by atoms with van der Waals surface area (Å²) in [5.41, 5.74) is 0. The quantitative estimate of drug-likeness (QED) is 0.488. The molecule has 0 aliphatic carbocycles. The summed E-state index contributed by atoms with van der Waals surface area (Å²) in [6, 6.07) is 0. The average Bonchev–Trinajstić information content (AvgIpc) is 2.42. The topological polar surface area (TPSA) is 30.9 Å². The van der Waals surface area contributed by atoms with Crippen molar-refractivity contribution in [3.8, 4) is 0 Å². The number of aliphatic imine (C=N–C) groups is 1. The Kier molecular flexibility index (Phi) is 11.8. The molecular formula is C15H34N4. The molecule has 0 aromatic heterocycles. The third kappa shape index (κ3) is 8.87. The van der Waals surface area contributed by atoms with E-state index in [0.29, 0.717) is 0 Å². The maximum absolute atomic E-state index is 4.73. The monoisotopic (exact) mass is 270 g/mol. The van der Waals surface area contributed by atoms with Gasteiger partial charge in [-0.3, -0.25) is 4.99 Å². The molecule has 0 heterocycles. The number of nitrogens with zero attached hydrogens (tertiary/aromatic N) is 3. The van der Waals surface area contributed by atoms with Gasteiger partial charge in [0.05, 0.1) is 6.54 Å². The zero-order valence-electron chi connectivity index (χ0n) is 13.7. The van der Waals surface area contributed by atoms with Crippen LogP contribution < -0.4 is 5.32 Å². The SMILES string of the molecule is CCCCN(C)C(=NCCN(CC)CCC)NCC. The van der Waals surface area contributed by atoms with E-state index in [1.807, 2.05) is 0 Å². The minimum Gasteiger partial charge on any atom is -0.357 e. The van der Waals surface area contributed by atoms with E-state index in [9.17, 15) is 0 Å². The number of unbranched alkanes of at least 4 members (excludes halogenated alkanes) is 1. The molecule has 0 spiro atoms. The molecule has 114 valence electrons. The Morgan fingerprint density at radius 3 is 2.26 bits per heavy atom. The molecule has 0 unspecified atom stereocenters. The first-order valence-electron chi connectivity index (χ1n) is 7.91. The number of likely N-dealkylation sites (N-methyl/N-ethyl adjacent to an activating group) is 1. The Balaban J connectivity index is 4.23. The molecule has 4 heteroatoms. The minimum atomic E-state index is 0.882. The normalized spacial score (nSPS) is 12.0. The van der Waals surface area contributed by atoms with E-state index in [1.165, 1.54) is 25.8 Å². The summed E-state index contributed by atoms with van der Waals surface area (Å²) in [7, 11) is 2.13. The van der Waals surface area contributed by atoms with Crippen molar-refractivity contribution >= 4 is 5.96 Å². The van der Waals surface area contributed by atoms with E-state index >= 15 is 0 Å². The van der Waals surface area contributed by atoms with Crippen LogP contribution in [0.2, 0.25) is 0 Å². The van der Waals surface area contributed by atoms with E-state index < -0.39 is 0 Å². The number of hydrogen-bond donors (Lipinski definition) is 1. The smallest absolute Gasteiger partial charge is 0.193 e. The molecule has 0 aliphatic heterocycles. The van der Waals surface area contributed by atoms with Crippen molar-refractivity contribution in [2.75, 3.05) is 46.3 Å². The van der Waals surface area contributed by atoms with Gasteiger partial charge in [0.1, 0.15) is 0 Å². The average molecular weight is 270 g/mol. The second kappa shape index (κ2) is 12.3. The minimum absolute atomic E-state index is 0.882. The van der Waals surface area contributed by atoms with Crippen LogP contribution in [0.5, 0.6) is 0 Å². The Morgan fingerprint density at radius 1 is 1.00 bits per heavy atom. The largest absolute Gasteiger partial charge is 0.357 e. The first kappa shape index (κ1) is 18.2. The predicted molar refractivity (Wildman–Crippen MR) is 85.9 cm³/mol. The van der Waals surface area contributed by atoms with Gasteiger partial charge in [0, 0.05) is 26.7 Å². The summed E-state index contributed by atoms with van der Waals surface area (Å²) in [5.74, 6) is 1.04. The van der Waals surface area contributed by atoms with Crippen molar-refractivity contribution in [3.63, 3.8) is 0 Å². The molecule has 0 saturated carbocycles. The van der Waals surface area contributed by atoms with E-state index in [1.54, 1.807) is 0 Å². The van der Waals surface area contributed by atoms with Gasteiger partial charge < -0.3 is 15.1 Å². The van der Waals surface area contributed by atoms with Gasteiger partial charge in [-0.25, -0.2) is 0 Å². The third-order valence-corrected chi connectivity index (χ3v) is 3.21. The van der Waals surface area contributed by atoms with Gasteiger partial charge in [0.2, 0.25) is 0 Å². The number of rotatable bonds is 10. The van der Waals surface area contributed by atoms with Gasteiger partial charge in [0.25, 0.3) is 0 Å². The lowest BCUT2D eigenvalue weighted by Gasteiger charge is -2.23. The Labute approximate surface area is 120 Å². The fourth-order valence-corrected chi connectivity index (χ4v) is 2.01. The summed E-state index contributed by atoms with van der Waals surface area (Å²) in [4.78, 5) is 9.42. The fraction of sp³-hybridized carbons (Fsp3) is 0.933. The summed E-state index contributed by atoms with van der Waals surface area (Å²) < 4.78 is 0. The molecule has 0 atom stereocenters. The van der Waals surface area contributed by atoms with Crippen molar-refractivity contribution in [1.29, 1.82) is 0 Å². The van der Waals surface area contributed by atoms with Crippen molar-refractivity contribution in [2.45, 2.75) is 47.0 Å². The highest BCUT2D eigenvalue weighted by Crippen LogP contribution is 1.95. The molecule has 4 nitrogen and oxygen atoms in total. The lowest BCUT2D eigenvalue weighted by Crippen LogP contribution is -2.40. The Hall–Kier alpha value is -0.770. The molecule has 0 radical (unpaired) electrons. The van der Waals surface area contributed by atoms with E-state index in [4.69, 9.17) is 4.99 Å². The van der Waals surface area contributed by atoms with E-state index in [-0.39, 0.29) is 0 Å². The van der Waals surface area contributed by atoms with Gasteiger partial charge in [-0.1, -0.05) is 27.2 Å². The van der Waals surface area contributed by atoms with Crippen LogP contribution in [-0.4, -0.2) is 62.1 Å². The van der Waals surface area contributed by atoms with Gasteiger partial charge in [-0.2, -0.15) is 0 Å². The van der Waals surface area contributed by atoms with Gasteiger partial charge >= 0.3 is 0 Å². The molecule has 0 bridgehead atoms. The fourth-order valence-electron chi connectivity index (χ4n) is 2.01. The van der Waals surface area contributed by atoms with Crippen LogP contribution in [0.15, 0.2) is 4.99 Å². The van der Waals surface area contributed by atoms with Crippen molar-refractivity contribution in [1.82, 2.24) is 15.1 Å². The molecule has 0 fully saturated rings. The van der Waals surface area contributed by atoms with Crippen LogP contribution in [0.25, 0.3) is 0 Å². The summed E-state index contributed by atoms with van der Waals surface area (Å²) in [5, 5.41) is 3.37. The maximum Gasteiger partial charge on any atom is 0.193 e. The highest BCUT2D eigenvalue weighted by molar-refractivity contribution is 5.79. The van der Waals surface area contributed by atoms with Crippen LogP contribution >= 0.6 is 0 Å². The first-order chi connectivity index (χ1) is 9.19. The Bertz CT molecular complexity index is 228. The lowest BCUT2D eigenvalue weighted by atomic mass is 10.3. The molecular weight excluding hydrogens is 236 g/mol. The van der Waals surface area contributed by atoms with Crippen LogP contribution in [0.3, 0.4) is 0 Å². The van der Waals surface area contributed by atoms with Crippen molar-refractivity contribution < 1.29 is 0 Å². The second-order valence-corrected chi connectivity index (χ2v) is 4.95. The number of nitrogens with one attached hydrogen (secondary N) is 1. The molecule has 0 aromatic rings. The summed E-state index contributed by atoms with van der Waals surface area (Å²) in [6.45, 7) is 15.0. The van der Waals surface area contributed by atoms with E-state index in [0.717, 1.165) is 38.7 Å². The molecule has 0 aliphatic rings. The summed E-state index contributed by atoms with van der Waals surface area (Å²) >= 11 is 0. The van der Waals surface area contributed by atoms with Crippen LogP contribution in [0, 0.1) is 0 Å². The van der Waals surface area contributed by atoms with Crippen molar-refractivity contribution in [3.05, 3.63) is 0 Å². The first-order valence-corrected chi connectivity index (χ1v) is 7.91. The third-order valence-electron chi connectivity index (χ3n) is 3.21. The molecule has 19 heavy (non-hydrogen) atoms.